The predicted molar refractivity (Wildman–Crippen MR) is 104 cm³/mol. The summed E-state index contributed by atoms with van der Waals surface area (Å²) in [5, 5.41) is 0.978. The second-order valence-electron chi connectivity index (χ2n) is 6.74. The lowest BCUT2D eigenvalue weighted by molar-refractivity contribution is 0.0466. The van der Waals surface area contributed by atoms with E-state index in [9.17, 15) is 13.2 Å². The van der Waals surface area contributed by atoms with Crippen LogP contribution in [0.5, 0.6) is 0 Å². The minimum Gasteiger partial charge on any atom is -0.456 e. The smallest absolute Gasteiger partial charge is 0.355 e. The van der Waals surface area contributed by atoms with E-state index in [1.165, 1.54) is 26.2 Å². The van der Waals surface area contributed by atoms with Crippen LogP contribution in [0.1, 0.15) is 27.2 Å². The monoisotopic (exact) mass is 386 g/mol. The van der Waals surface area contributed by atoms with Gasteiger partial charge in [0.2, 0.25) is 10.0 Å². The van der Waals surface area contributed by atoms with Crippen molar-refractivity contribution in [2.24, 2.45) is 0 Å². The number of aromatic amines is 1. The average molecular weight is 386 g/mol. The first kappa shape index (κ1) is 19.1. The van der Waals surface area contributed by atoms with Crippen LogP contribution in [0.3, 0.4) is 0 Å². The van der Waals surface area contributed by atoms with Crippen molar-refractivity contribution in [2.45, 2.75) is 25.3 Å². The largest absolute Gasteiger partial charge is 0.456 e. The summed E-state index contributed by atoms with van der Waals surface area (Å²) in [5.41, 5.74) is 4.06. The van der Waals surface area contributed by atoms with Crippen LogP contribution in [0, 0.1) is 13.8 Å². The molecule has 3 rings (SSSR count). The van der Waals surface area contributed by atoms with Crippen LogP contribution in [-0.2, 0) is 21.4 Å². The Bertz CT molecular complexity index is 1110. The number of hydrogen-bond donors (Lipinski definition) is 1. The number of carbonyl (C=O) groups excluding carboxylic acids is 1. The Morgan fingerprint density at radius 2 is 1.85 bits per heavy atom. The maximum absolute atomic E-state index is 12.4. The third-order valence-electron chi connectivity index (χ3n) is 4.36. The van der Waals surface area contributed by atoms with E-state index >= 15 is 0 Å². The minimum absolute atomic E-state index is 0.0109. The van der Waals surface area contributed by atoms with E-state index in [1.807, 2.05) is 19.9 Å². The van der Waals surface area contributed by atoms with Gasteiger partial charge in [0.1, 0.15) is 12.3 Å². The normalized spacial score (nSPS) is 11.9. The number of nitrogens with one attached hydrogen (secondary N) is 1. The van der Waals surface area contributed by atoms with Gasteiger partial charge < -0.3 is 9.72 Å². The van der Waals surface area contributed by atoms with Crippen LogP contribution >= 0.6 is 0 Å². The van der Waals surface area contributed by atoms with Crippen LogP contribution in [-0.4, -0.2) is 37.8 Å². The topological polar surface area (TPSA) is 79.5 Å². The molecule has 27 heavy (non-hydrogen) atoms. The van der Waals surface area contributed by atoms with Gasteiger partial charge in [0, 0.05) is 25.0 Å². The molecule has 2 aromatic carbocycles. The van der Waals surface area contributed by atoms with Gasteiger partial charge in [0.25, 0.3) is 0 Å². The number of aromatic nitrogens is 1. The average Bonchev–Trinajstić information content (AvgIpc) is 3.04. The molecule has 0 aliphatic carbocycles. The van der Waals surface area contributed by atoms with E-state index < -0.39 is 16.0 Å². The van der Waals surface area contributed by atoms with Gasteiger partial charge in [-0.25, -0.2) is 17.5 Å². The van der Waals surface area contributed by atoms with E-state index in [1.54, 1.807) is 18.2 Å². The number of esters is 1. The zero-order valence-corrected chi connectivity index (χ0v) is 16.6. The van der Waals surface area contributed by atoms with Gasteiger partial charge in [0.05, 0.1) is 4.90 Å². The van der Waals surface area contributed by atoms with E-state index in [4.69, 9.17) is 4.74 Å². The highest BCUT2D eigenvalue weighted by molar-refractivity contribution is 7.89. The summed E-state index contributed by atoms with van der Waals surface area (Å²) in [7, 11) is -0.582. The molecule has 0 saturated heterocycles. The number of rotatable bonds is 5. The molecule has 0 unspecified atom stereocenters. The summed E-state index contributed by atoms with van der Waals surface area (Å²) in [6.45, 7) is 3.98. The number of sulfonamides is 1. The highest BCUT2D eigenvalue weighted by atomic mass is 32.2. The third-order valence-corrected chi connectivity index (χ3v) is 6.17. The Kier molecular flexibility index (Phi) is 5.08. The SMILES string of the molecule is Cc1cc(C)c2cc(C(=O)OCc3cccc(S(=O)(=O)N(C)C)c3)[nH]c2c1. The first-order valence-electron chi connectivity index (χ1n) is 8.47. The standard InChI is InChI=1S/C20H22N2O4S/c1-13-8-14(2)17-11-19(21-18(17)9-13)20(23)26-12-15-6-5-7-16(10-15)27(24,25)22(3)4/h5-11,21H,12H2,1-4H3. The summed E-state index contributed by atoms with van der Waals surface area (Å²) in [5.74, 6) is -0.482. The minimum atomic E-state index is -3.53. The van der Waals surface area contributed by atoms with E-state index in [2.05, 4.69) is 11.1 Å². The van der Waals surface area contributed by atoms with Crippen LogP contribution < -0.4 is 0 Å². The fourth-order valence-electron chi connectivity index (χ4n) is 2.94. The molecule has 0 aliphatic rings. The number of nitrogens with zero attached hydrogens (tertiary/aromatic N) is 1. The van der Waals surface area contributed by atoms with Gasteiger partial charge in [-0.3, -0.25) is 0 Å². The lowest BCUT2D eigenvalue weighted by Crippen LogP contribution is -2.22. The Morgan fingerprint density at radius 1 is 1.11 bits per heavy atom. The zero-order chi connectivity index (χ0) is 19.8. The van der Waals surface area contributed by atoms with Crippen molar-refractivity contribution >= 4 is 26.9 Å². The number of fused-ring (bicyclic) bond motifs is 1. The maximum atomic E-state index is 12.4. The predicted octanol–water partition coefficient (Wildman–Crippen LogP) is 3.39. The molecule has 6 nitrogen and oxygen atoms in total. The molecule has 0 spiro atoms. The molecule has 3 aromatic rings. The molecule has 0 radical (unpaired) electrons. The molecule has 142 valence electrons. The van der Waals surface area contributed by atoms with Crippen LogP contribution in [0.15, 0.2) is 47.4 Å². The fraction of sp³-hybridized carbons (Fsp3) is 0.250. The van der Waals surface area contributed by atoms with Crippen LogP contribution in [0.2, 0.25) is 0 Å². The lowest BCUT2D eigenvalue weighted by atomic mass is 10.1. The van der Waals surface area contributed by atoms with E-state index in [-0.39, 0.29) is 11.5 Å². The fourth-order valence-corrected chi connectivity index (χ4v) is 3.91. The van der Waals surface area contributed by atoms with Crippen molar-refractivity contribution in [2.75, 3.05) is 14.1 Å². The number of ether oxygens (including phenoxy) is 1. The number of carbonyl (C=O) groups is 1. The van der Waals surface area contributed by atoms with Crippen molar-refractivity contribution < 1.29 is 17.9 Å². The molecular weight excluding hydrogens is 364 g/mol. The zero-order valence-electron chi connectivity index (χ0n) is 15.7. The quantitative estimate of drug-likeness (QED) is 0.682. The Hall–Kier alpha value is -2.64. The van der Waals surface area contributed by atoms with Crippen LogP contribution in [0.25, 0.3) is 10.9 Å². The van der Waals surface area contributed by atoms with Crippen molar-refractivity contribution in [3.05, 3.63) is 64.8 Å². The maximum Gasteiger partial charge on any atom is 0.355 e. The first-order chi connectivity index (χ1) is 12.7. The molecule has 0 atom stereocenters. The summed E-state index contributed by atoms with van der Waals surface area (Å²) >= 11 is 0. The second kappa shape index (κ2) is 7.17. The molecule has 7 heteroatoms. The second-order valence-corrected chi connectivity index (χ2v) is 8.89. The first-order valence-corrected chi connectivity index (χ1v) is 9.91. The van der Waals surface area contributed by atoms with Crippen molar-refractivity contribution in [1.29, 1.82) is 0 Å². The van der Waals surface area contributed by atoms with Crippen molar-refractivity contribution in [1.82, 2.24) is 9.29 Å². The number of hydrogen-bond acceptors (Lipinski definition) is 4. The van der Waals surface area contributed by atoms with Crippen LogP contribution in [0.4, 0.5) is 0 Å². The molecule has 0 bridgehead atoms. The summed E-state index contributed by atoms with van der Waals surface area (Å²) in [6.07, 6.45) is 0. The number of benzene rings is 2. The van der Waals surface area contributed by atoms with Gasteiger partial charge in [-0.2, -0.15) is 0 Å². The summed E-state index contributed by atoms with van der Waals surface area (Å²) < 4.78 is 30.9. The molecular formula is C20H22N2O4S. The molecule has 0 saturated carbocycles. The molecule has 0 fully saturated rings. The molecule has 0 aliphatic heterocycles. The molecule has 0 amide bonds. The van der Waals surface area contributed by atoms with Gasteiger partial charge in [-0.05, 0) is 54.8 Å². The van der Waals surface area contributed by atoms with E-state index in [0.717, 1.165) is 26.3 Å². The molecule has 1 heterocycles. The van der Waals surface area contributed by atoms with Gasteiger partial charge in [-0.15, -0.1) is 0 Å². The highest BCUT2D eigenvalue weighted by Crippen LogP contribution is 2.22. The Morgan fingerprint density at radius 3 is 2.56 bits per heavy atom. The lowest BCUT2D eigenvalue weighted by Gasteiger charge is -2.12. The summed E-state index contributed by atoms with van der Waals surface area (Å²) in [6, 6.07) is 12.2. The third kappa shape index (κ3) is 3.89. The van der Waals surface area contributed by atoms with Gasteiger partial charge >= 0.3 is 5.97 Å². The Balaban J connectivity index is 1.78. The number of aryl methyl sites for hydroxylation is 2. The van der Waals surface area contributed by atoms with E-state index in [0.29, 0.717) is 11.3 Å². The van der Waals surface area contributed by atoms with Crippen molar-refractivity contribution in [3.8, 4) is 0 Å². The molecule has 1 aromatic heterocycles. The highest BCUT2D eigenvalue weighted by Gasteiger charge is 2.18. The molecule has 1 N–H and O–H groups in total. The Labute approximate surface area is 158 Å². The summed E-state index contributed by atoms with van der Waals surface area (Å²) in [4.78, 5) is 15.6. The van der Waals surface area contributed by atoms with Gasteiger partial charge in [0.15, 0.2) is 0 Å². The number of H-pyrrole nitrogens is 1. The van der Waals surface area contributed by atoms with Gasteiger partial charge in [-0.1, -0.05) is 18.2 Å². The van der Waals surface area contributed by atoms with Crippen molar-refractivity contribution in [3.63, 3.8) is 0 Å².